The van der Waals surface area contributed by atoms with Crippen LogP contribution in [0.15, 0.2) is 47.3 Å². The maximum absolute atomic E-state index is 12.8. The maximum Gasteiger partial charge on any atom is 0.274 e. The van der Waals surface area contributed by atoms with E-state index < -0.39 is 0 Å². The van der Waals surface area contributed by atoms with Gasteiger partial charge in [0.2, 0.25) is 0 Å². The highest BCUT2D eigenvalue weighted by Gasteiger charge is 2.17. The fourth-order valence-corrected chi connectivity index (χ4v) is 3.09. The second kappa shape index (κ2) is 9.20. The van der Waals surface area contributed by atoms with E-state index in [0.29, 0.717) is 46.7 Å². The summed E-state index contributed by atoms with van der Waals surface area (Å²) in [5.41, 5.74) is 0.748. The number of methoxy groups -OCH3 is 3. The number of nitrogens with one attached hydrogen (secondary N) is 1. The number of nitrogens with zero attached hydrogens (tertiary/aromatic N) is 2. The van der Waals surface area contributed by atoms with E-state index in [1.54, 1.807) is 37.4 Å². The molecule has 8 heteroatoms. The molecule has 0 aliphatic carbocycles. The number of hydrogen-bond acceptors (Lipinski definition) is 6. The van der Waals surface area contributed by atoms with E-state index in [1.165, 1.54) is 18.9 Å². The summed E-state index contributed by atoms with van der Waals surface area (Å²) < 4.78 is 17.0. The molecule has 3 aromatic rings. The van der Waals surface area contributed by atoms with Crippen molar-refractivity contribution in [2.24, 2.45) is 0 Å². The van der Waals surface area contributed by atoms with Crippen LogP contribution in [0.3, 0.4) is 0 Å². The molecule has 0 atom stereocenters. The number of amides is 1. The summed E-state index contributed by atoms with van der Waals surface area (Å²) in [5.74, 6) is 0.494. The Morgan fingerprint density at radius 2 is 1.79 bits per heavy atom. The van der Waals surface area contributed by atoms with E-state index in [4.69, 9.17) is 14.2 Å². The number of carbonyl (C=O) groups is 1. The van der Waals surface area contributed by atoms with Crippen LogP contribution in [0.1, 0.15) is 16.1 Å². The minimum absolute atomic E-state index is 0.146. The minimum atomic E-state index is -0.332. The van der Waals surface area contributed by atoms with Crippen LogP contribution in [-0.4, -0.2) is 43.6 Å². The van der Waals surface area contributed by atoms with Gasteiger partial charge in [0.25, 0.3) is 11.5 Å². The maximum atomic E-state index is 12.8. The predicted octanol–water partition coefficient (Wildman–Crippen LogP) is 1.99. The van der Waals surface area contributed by atoms with Gasteiger partial charge in [0, 0.05) is 12.5 Å². The van der Waals surface area contributed by atoms with Gasteiger partial charge < -0.3 is 19.5 Å². The molecule has 2 aromatic carbocycles. The zero-order valence-corrected chi connectivity index (χ0v) is 16.6. The molecule has 0 bridgehead atoms. The standard InChI is InChI=1S/C21H23N3O5/c1-27-12-11-24-21(26)15-8-5-4-7-14(15)17(23-24)13-22-20(25)16-9-6-10-18(28-2)19(16)29-3/h4-10H,11-13H2,1-3H3,(H,22,25). The number of carbonyl (C=O) groups excluding carboxylic acids is 1. The van der Waals surface area contributed by atoms with Crippen molar-refractivity contribution in [1.82, 2.24) is 15.1 Å². The van der Waals surface area contributed by atoms with Crippen LogP contribution in [0, 0.1) is 0 Å². The Morgan fingerprint density at radius 1 is 1.03 bits per heavy atom. The number of fused-ring (bicyclic) bond motifs is 1. The number of rotatable bonds is 8. The molecule has 1 N–H and O–H groups in total. The third-order valence-corrected chi connectivity index (χ3v) is 4.52. The van der Waals surface area contributed by atoms with Crippen LogP contribution in [0.25, 0.3) is 10.8 Å². The Kier molecular flexibility index (Phi) is 6.46. The number of para-hydroxylation sites is 1. The van der Waals surface area contributed by atoms with Gasteiger partial charge in [-0.1, -0.05) is 24.3 Å². The van der Waals surface area contributed by atoms with Gasteiger partial charge in [-0.25, -0.2) is 4.68 Å². The molecule has 152 valence electrons. The van der Waals surface area contributed by atoms with Gasteiger partial charge in [-0.05, 0) is 18.2 Å². The van der Waals surface area contributed by atoms with Crippen molar-refractivity contribution in [1.29, 1.82) is 0 Å². The monoisotopic (exact) mass is 397 g/mol. The lowest BCUT2D eigenvalue weighted by Gasteiger charge is -2.14. The molecule has 1 aromatic heterocycles. The van der Waals surface area contributed by atoms with E-state index in [1.807, 2.05) is 12.1 Å². The van der Waals surface area contributed by atoms with Gasteiger partial charge >= 0.3 is 0 Å². The molecule has 3 rings (SSSR count). The first-order chi connectivity index (χ1) is 14.1. The molecule has 8 nitrogen and oxygen atoms in total. The number of aromatic nitrogens is 2. The third kappa shape index (κ3) is 4.22. The summed E-state index contributed by atoms with van der Waals surface area (Å²) in [6, 6.07) is 12.3. The first-order valence-electron chi connectivity index (χ1n) is 9.07. The molecule has 0 fully saturated rings. The number of benzene rings is 2. The summed E-state index contributed by atoms with van der Waals surface area (Å²) >= 11 is 0. The largest absolute Gasteiger partial charge is 0.493 e. The molecule has 0 saturated carbocycles. The Bertz CT molecular complexity index is 1080. The Labute approximate surface area is 168 Å². The van der Waals surface area contributed by atoms with E-state index in [0.717, 1.165) is 0 Å². The van der Waals surface area contributed by atoms with Crippen LogP contribution < -0.4 is 20.3 Å². The number of ether oxygens (including phenoxy) is 3. The normalized spacial score (nSPS) is 10.7. The topological polar surface area (TPSA) is 91.7 Å². The lowest BCUT2D eigenvalue weighted by molar-refractivity contribution is 0.0946. The Morgan fingerprint density at radius 3 is 2.48 bits per heavy atom. The van der Waals surface area contributed by atoms with Crippen molar-refractivity contribution < 1.29 is 19.0 Å². The van der Waals surface area contributed by atoms with Crippen LogP contribution in [-0.2, 0) is 17.8 Å². The fraction of sp³-hybridized carbons (Fsp3) is 0.286. The molecule has 0 aliphatic rings. The van der Waals surface area contributed by atoms with Gasteiger partial charge in [0.15, 0.2) is 11.5 Å². The SMILES string of the molecule is COCCn1nc(CNC(=O)c2cccc(OC)c2OC)c2ccccc2c1=O. The van der Waals surface area contributed by atoms with Crippen molar-refractivity contribution in [2.75, 3.05) is 27.9 Å². The van der Waals surface area contributed by atoms with Crippen molar-refractivity contribution >= 4 is 16.7 Å². The van der Waals surface area contributed by atoms with Crippen molar-refractivity contribution in [3.05, 3.63) is 64.1 Å². The van der Waals surface area contributed by atoms with Crippen molar-refractivity contribution in [3.8, 4) is 11.5 Å². The molecule has 1 amide bonds. The average molecular weight is 397 g/mol. The lowest BCUT2D eigenvalue weighted by atomic mass is 10.1. The third-order valence-electron chi connectivity index (χ3n) is 4.52. The zero-order valence-electron chi connectivity index (χ0n) is 16.6. The van der Waals surface area contributed by atoms with Gasteiger partial charge in [-0.2, -0.15) is 5.10 Å². The smallest absolute Gasteiger partial charge is 0.274 e. The fourth-order valence-electron chi connectivity index (χ4n) is 3.09. The highest BCUT2D eigenvalue weighted by atomic mass is 16.5. The first-order valence-corrected chi connectivity index (χ1v) is 9.07. The summed E-state index contributed by atoms with van der Waals surface area (Å²) in [6.45, 7) is 0.829. The molecule has 0 radical (unpaired) electrons. The van der Waals surface area contributed by atoms with Gasteiger partial charge in [0.05, 0.1) is 50.6 Å². The zero-order chi connectivity index (χ0) is 20.8. The van der Waals surface area contributed by atoms with Crippen LogP contribution in [0.5, 0.6) is 11.5 Å². The summed E-state index contributed by atoms with van der Waals surface area (Å²) in [5, 5.41) is 8.53. The second-order valence-electron chi connectivity index (χ2n) is 6.24. The van der Waals surface area contributed by atoms with E-state index in [2.05, 4.69) is 10.4 Å². The van der Waals surface area contributed by atoms with E-state index in [-0.39, 0.29) is 18.0 Å². The van der Waals surface area contributed by atoms with Crippen molar-refractivity contribution in [2.45, 2.75) is 13.1 Å². The summed E-state index contributed by atoms with van der Waals surface area (Å²) in [4.78, 5) is 25.4. The quantitative estimate of drug-likeness (QED) is 0.625. The average Bonchev–Trinajstić information content (AvgIpc) is 2.77. The highest BCUT2D eigenvalue weighted by molar-refractivity contribution is 5.98. The minimum Gasteiger partial charge on any atom is -0.493 e. The van der Waals surface area contributed by atoms with Crippen LogP contribution in [0.2, 0.25) is 0 Å². The van der Waals surface area contributed by atoms with Crippen LogP contribution in [0.4, 0.5) is 0 Å². The molecule has 0 unspecified atom stereocenters. The number of hydrogen-bond donors (Lipinski definition) is 1. The highest BCUT2D eigenvalue weighted by Crippen LogP contribution is 2.30. The molecule has 1 heterocycles. The summed E-state index contributed by atoms with van der Waals surface area (Å²) in [7, 11) is 4.56. The molecule has 0 spiro atoms. The van der Waals surface area contributed by atoms with Crippen LogP contribution >= 0.6 is 0 Å². The molecular formula is C21H23N3O5. The second-order valence-corrected chi connectivity index (χ2v) is 6.24. The first kappa shape index (κ1) is 20.3. The Balaban J connectivity index is 1.92. The van der Waals surface area contributed by atoms with Gasteiger partial charge in [-0.15, -0.1) is 0 Å². The van der Waals surface area contributed by atoms with Gasteiger partial charge in [0.1, 0.15) is 0 Å². The Hall–Kier alpha value is -3.39. The predicted molar refractivity (Wildman–Crippen MR) is 109 cm³/mol. The lowest BCUT2D eigenvalue weighted by Crippen LogP contribution is -2.29. The molecular weight excluding hydrogens is 374 g/mol. The molecule has 0 saturated heterocycles. The van der Waals surface area contributed by atoms with E-state index >= 15 is 0 Å². The van der Waals surface area contributed by atoms with Gasteiger partial charge in [-0.3, -0.25) is 9.59 Å². The summed E-state index contributed by atoms with van der Waals surface area (Å²) in [6.07, 6.45) is 0. The van der Waals surface area contributed by atoms with Crippen molar-refractivity contribution in [3.63, 3.8) is 0 Å². The molecule has 0 aliphatic heterocycles. The molecule has 29 heavy (non-hydrogen) atoms. The van der Waals surface area contributed by atoms with E-state index in [9.17, 15) is 9.59 Å².